The number of hydrogen-bond acceptors (Lipinski definition) is 4. The molecule has 0 aliphatic carbocycles. The second-order valence-electron chi connectivity index (χ2n) is 7.58. The Kier molecular flexibility index (Phi) is 6.37. The predicted molar refractivity (Wildman–Crippen MR) is 119 cm³/mol. The first kappa shape index (κ1) is 21.1. The molecule has 2 heterocycles. The van der Waals surface area contributed by atoms with Gasteiger partial charge < -0.3 is 9.64 Å². The smallest absolute Gasteiger partial charge is 0.410 e. The highest BCUT2D eigenvalue weighted by atomic mass is 35.5. The summed E-state index contributed by atoms with van der Waals surface area (Å²) < 4.78 is 6.88. The van der Waals surface area contributed by atoms with Crippen molar-refractivity contribution < 1.29 is 9.53 Å². The molecule has 1 amide bonds. The van der Waals surface area contributed by atoms with E-state index in [4.69, 9.17) is 16.3 Å². The van der Waals surface area contributed by atoms with Crippen LogP contribution in [-0.4, -0.2) is 27.1 Å². The number of carbonyl (C=O) groups excluding carboxylic acids is 1. The van der Waals surface area contributed by atoms with Gasteiger partial charge in [0.05, 0.1) is 24.3 Å². The number of rotatable bonds is 5. The van der Waals surface area contributed by atoms with Gasteiger partial charge in [-0.2, -0.15) is 0 Å². The molecule has 160 valence electrons. The third-order valence-corrected chi connectivity index (χ3v) is 5.79. The summed E-state index contributed by atoms with van der Waals surface area (Å²) >= 11 is 6.34. The van der Waals surface area contributed by atoms with Gasteiger partial charge in [-0.05, 0) is 34.7 Å². The molecule has 0 radical (unpaired) electrons. The number of benzene rings is 2. The lowest BCUT2D eigenvalue weighted by atomic mass is 10.1. The van der Waals surface area contributed by atoms with E-state index in [2.05, 4.69) is 11.9 Å². The first-order valence-corrected chi connectivity index (χ1v) is 10.7. The molecule has 2 aromatic carbocycles. The number of nitrogens with zero attached hydrogens (tertiary/aromatic N) is 3. The third kappa shape index (κ3) is 4.80. The van der Waals surface area contributed by atoms with Crippen molar-refractivity contribution in [2.75, 3.05) is 6.54 Å². The molecule has 4 rings (SSSR count). The van der Waals surface area contributed by atoms with Gasteiger partial charge >= 0.3 is 6.09 Å². The van der Waals surface area contributed by atoms with Crippen LogP contribution in [0.2, 0.25) is 5.28 Å². The Balaban J connectivity index is 1.50. The van der Waals surface area contributed by atoms with Gasteiger partial charge in [-0.15, -0.1) is 0 Å². The van der Waals surface area contributed by atoms with Crippen LogP contribution in [0.25, 0.3) is 0 Å². The fourth-order valence-electron chi connectivity index (χ4n) is 3.65. The molecule has 0 unspecified atom stereocenters. The fourth-order valence-corrected chi connectivity index (χ4v) is 3.89. The average molecular weight is 438 g/mol. The minimum Gasteiger partial charge on any atom is -0.445 e. The SMILES string of the molecule is CCc1ccc(Cn2c(Cl)nc3c(c2=O)CN(C(=O)OCc2ccccc2)CC3)cc1. The van der Waals surface area contributed by atoms with Crippen molar-refractivity contribution in [2.24, 2.45) is 0 Å². The topological polar surface area (TPSA) is 64.4 Å². The Labute approximate surface area is 186 Å². The van der Waals surface area contributed by atoms with Crippen molar-refractivity contribution in [1.82, 2.24) is 14.5 Å². The van der Waals surface area contributed by atoms with Crippen molar-refractivity contribution in [2.45, 2.75) is 39.5 Å². The number of ether oxygens (including phenoxy) is 1. The van der Waals surface area contributed by atoms with Gasteiger partial charge in [-0.25, -0.2) is 9.78 Å². The molecule has 0 spiro atoms. The lowest BCUT2D eigenvalue weighted by molar-refractivity contribution is 0.0913. The number of hydrogen-bond donors (Lipinski definition) is 0. The molecule has 0 saturated heterocycles. The first-order valence-electron chi connectivity index (χ1n) is 10.4. The summed E-state index contributed by atoms with van der Waals surface area (Å²) in [5, 5.41) is 0.170. The lowest BCUT2D eigenvalue weighted by Gasteiger charge is -2.27. The maximum atomic E-state index is 13.2. The van der Waals surface area contributed by atoms with Crippen LogP contribution < -0.4 is 5.56 Å². The number of halogens is 1. The van der Waals surface area contributed by atoms with E-state index >= 15 is 0 Å². The lowest BCUT2D eigenvalue weighted by Crippen LogP contribution is -2.41. The van der Waals surface area contributed by atoms with Crippen LogP contribution in [0.5, 0.6) is 0 Å². The zero-order chi connectivity index (χ0) is 21.8. The minimum atomic E-state index is -0.439. The first-order chi connectivity index (χ1) is 15.0. The van der Waals surface area contributed by atoms with Gasteiger partial charge in [-0.1, -0.05) is 61.5 Å². The highest BCUT2D eigenvalue weighted by Gasteiger charge is 2.27. The summed E-state index contributed by atoms with van der Waals surface area (Å²) in [6, 6.07) is 17.6. The summed E-state index contributed by atoms with van der Waals surface area (Å²) in [5.74, 6) is 0. The van der Waals surface area contributed by atoms with E-state index in [1.807, 2.05) is 54.6 Å². The zero-order valence-electron chi connectivity index (χ0n) is 17.4. The van der Waals surface area contributed by atoms with Crippen LogP contribution >= 0.6 is 11.6 Å². The number of fused-ring (bicyclic) bond motifs is 1. The molecule has 0 saturated carbocycles. The molecular formula is C24H24ClN3O3. The van der Waals surface area contributed by atoms with Gasteiger partial charge in [0, 0.05) is 13.0 Å². The summed E-state index contributed by atoms with van der Waals surface area (Å²) in [6.45, 7) is 3.23. The van der Waals surface area contributed by atoms with Crippen LogP contribution in [0.4, 0.5) is 4.79 Å². The van der Waals surface area contributed by atoms with E-state index in [1.165, 1.54) is 10.1 Å². The number of carbonyl (C=O) groups is 1. The summed E-state index contributed by atoms with van der Waals surface area (Å²) in [6.07, 6.45) is 0.986. The molecule has 0 N–H and O–H groups in total. The molecule has 0 atom stereocenters. The van der Waals surface area contributed by atoms with E-state index in [0.717, 1.165) is 17.5 Å². The maximum Gasteiger partial charge on any atom is 0.410 e. The Morgan fingerprint density at radius 1 is 1.06 bits per heavy atom. The van der Waals surface area contributed by atoms with E-state index in [-0.39, 0.29) is 24.0 Å². The second kappa shape index (κ2) is 9.35. The molecule has 6 nitrogen and oxygen atoms in total. The summed E-state index contributed by atoms with van der Waals surface area (Å²) in [7, 11) is 0. The quantitative estimate of drug-likeness (QED) is 0.561. The van der Waals surface area contributed by atoms with Gasteiger partial charge in [0.2, 0.25) is 5.28 Å². The number of amides is 1. The second-order valence-corrected chi connectivity index (χ2v) is 7.92. The Bertz CT molecular complexity index is 1130. The maximum absolute atomic E-state index is 13.2. The van der Waals surface area contributed by atoms with Crippen LogP contribution in [-0.2, 0) is 37.3 Å². The highest BCUT2D eigenvalue weighted by molar-refractivity contribution is 6.28. The van der Waals surface area contributed by atoms with Crippen molar-refractivity contribution in [3.63, 3.8) is 0 Å². The van der Waals surface area contributed by atoms with E-state index < -0.39 is 6.09 Å². The van der Waals surface area contributed by atoms with E-state index in [1.54, 1.807) is 4.90 Å². The van der Waals surface area contributed by atoms with Gasteiger partial charge in [0.25, 0.3) is 5.56 Å². The molecule has 0 bridgehead atoms. The van der Waals surface area contributed by atoms with Crippen LogP contribution in [0.1, 0.15) is 34.9 Å². The molecule has 1 aromatic heterocycles. The highest BCUT2D eigenvalue weighted by Crippen LogP contribution is 2.19. The predicted octanol–water partition coefficient (Wildman–Crippen LogP) is 4.20. The molecule has 1 aliphatic rings. The molecular weight excluding hydrogens is 414 g/mol. The van der Waals surface area contributed by atoms with Crippen molar-refractivity contribution in [3.8, 4) is 0 Å². The van der Waals surface area contributed by atoms with Crippen molar-refractivity contribution in [1.29, 1.82) is 0 Å². The molecule has 0 fully saturated rings. The van der Waals surface area contributed by atoms with E-state index in [9.17, 15) is 9.59 Å². The largest absolute Gasteiger partial charge is 0.445 e. The average Bonchev–Trinajstić information content (AvgIpc) is 2.81. The Morgan fingerprint density at radius 2 is 1.77 bits per heavy atom. The molecule has 31 heavy (non-hydrogen) atoms. The minimum absolute atomic E-state index is 0.167. The molecule has 1 aliphatic heterocycles. The standard InChI is InChI=1S/C24H24ClN3O3/c1-2-17-8-10-18(11-9-17)14-28-22(29)20-15-27(13-12-21(20)26-23(28)25)24(30)31-16-19-6-4-3-5-7-19/h3-11H,2,12-16H2,1H3. The number of aromatic nitrogens is 2. The van der Waals surface area contributed by atoms with Crippen LogP contribution in [0.15, 0.2) is 59.4 Å². The molecule has 3 aromatic rings. The fraction of sp³-hybridized carbons (Fsp3) is 0.292. The summed E-state index contributed by atoms with van der Waals surface area (Å²) in [4.78, 5) is 31.7. The molecule has 7 heteroatoms. The van der Waals surface area contributed by atoms with Gasteiger partial charge in [0.15, 0.2) is 0 Å². The zero-order valence-corrected chi connectivity index (χ0v) is 18.1. The Morgan fingerprint density at radius 3 is 2.48 bits per heavy atom. The van der Waals surface area contributed by atoms with Crippen LogP contribution in [0, 0.1) is 0 Å². The number of aryl methyl sites for hydroxylation is 1. The van der Waals surface area contributed by atoms with Gasteiger partial charge in [-0.3, -0.25) is 9.36 Å². The summed E-state index contributed by atoms with van der Waals surface area (Å²) in [5.41, 5.74) is 4.05. The Hall–Kier alpha value is -3.12. The monoisotopic (exact) mass is 437 g/mol. The normalized spacial score (nSPS) is 13.0. The van der Waals surface area contributed by atoms with Crippen molar-refractivity contribution in [3.05, 3.63) is 98.2 Å². The van der Waals surface area contributed by atoms with Gasteiger partial charge in [0.1, 0.15) is 6.61 Å². The van der Waals surface area contributed by atoms with Crippen molar-refractivity contribution >= 4 is 17.7 Å². The van der Waals surface area contributed by atoms with Crippen LogP contribution in [0.3, 0.4) is 0 Å². The van der Waals surface area contributed by atoms with E-state index in [0.29, 0.717) is 30.8 Å². The third-order valence-electron chi connectivity index (χ3n) is 5.50.